The lowest BCUT2D eigenvalue weighted by molar-refractivity contribution is -0.116. The second-order valence-corrected chi connectivity index (χ2v) is 8.72. The van der Waals surface area contributed by atoms with Crippen LogP contribution in [-0.2, 0) is 11.3 Å². The summed E-state index contributed by atoms with van der Waals surface area (Å²) in [5.41, 5.74) is 2.87. The fourth-order valence-corrected chi connectivity index (χ4v) is 4.63. The number of hydrogen-bond acceptors (Lipinski definition) is 5. The van der Waals surface area contributed by atoms with Gasteiger partial charge in [-0.05, 0) is 31.0 Å². The summed E-state index contributed by atoms with van der Waals surface area (Å²) < 4.78 is 6.63. The molecule has 0 fully saturated rings. The van der Waals surface area contributed by atoms with Crippen LogP contribution in [0.3, 0.4) is 0 Å². The maximum atomic E-state index is 13.3. The number of hydrogen-bond donors (Lipinski definition) is 1. The summed E-state index contributed by atoms with van der Waals surface area (Å²) in [4.78, 5) is 32.1. The van der Waals surface area contributed by atoms with Gasteiger partial charge in [0.1, 0.15) is 17.1 Å². The van der Waals surface area contributed by atoms with Crippen LogP contribution in [0.1, 0.15) is 10.4 Å². The summed E-state index contributed by atoms with van der Waals surface area (Å²) in [6.07, 6.45) is 1.42. The van der Waals surface area contributed by atoms with Gasteiger partial charge in [0.15, 0.2) is 0 Å². The molecule has 0 aliphatic heterocycles. The molecule has 2 aromatic carbocycles. The number of carbonyl (C=O) groups excluding carboxylic acids is 1. The first kappa shape index (κ1) is 21.1. The number of nitrogens with one attached hydrogen (secondary N) is 1. The Balaban J connectivity index is 1.68. The van der Waals surface area contributed by atoms with Gasteiger partial charge in [0, 0.05) is 21.5 Å². The van der Waals surface area contributed by atoms with Crippen molar-refractivity contribution < 1.29 is 9.53 Å². The van der Waals surface area contributed by atoms with Gasteiger partial charge in [0.2, 0.25) is 5.91 Å². The van der Waals surface area contributed by atoms with Crippen LogP contribution in [0.2, 0.25) is 5.02 Å². The van der Waals surface area contributed by atoms with E-state index in [9.17, 15) is 9.59 Å². The van der Waals surface area contributed by atoms with Crippen molar-refractivity contribution in [1.29, 1.82) is 0 Å². The van der Waals surface area contributed by atoms with Crippen molar-refractivity contribution in [1.82, 2.24) is 9.55 Å². The number of methoxy groups -OCH3 is 1. The van der Waals surface area contributed by atoms with Crippen LogP contribution in [0.5, 0.6) is 5.75 Å². The number of rotatable bonds is 5. The van der Waals surface area contributed by atoms with Crippen molar-refractivity contribution in [3.8, 4) is 16.9 Å². The van der Waals surface area contributed by atoms with Crippen molar-refractivity contribution in [2.45, 2.75) is 20.4 Å². The molecule has 158 valence electrons. The Morgan fingerprint density at radius 2 is 1.97 bits per heavy atom. The molecule has 2 heterocycles. The summed E-state index contributed by atoms with van der Waals surface area (Å²) in [6, 6.07) is 13.1. The third kappa shape index (κ3) is 4.06. The number of ether oxygens (including phenoxy) is 1. The maximum Gasteiger partial charge on any atom is 0.263 e. The van der Waals surface area contributed by atoms with E-state index in [1.165, 1.54) is 29.3 Å². The third-order valence-corrected chi connectivity index (χ3v) is 6.41. The molecule has 6 nitrogen and oxygen atoms in total. The Hall–Kier alpha value is -3.16. The van der Waals surface area contributed by atoms with Crippen molar-refractivity contribution >= 4 is 44.7 Å². The van der Waals surface area contributed by atoms with Crippen LogP contribution < -0.4 is 15.6 Å². The van der Waals surface area contributed by atoms with Gasteiger partial charge < -0.3 is 10.1 Å². The predicted molar refractivity (Wildman–Crippen MR) is 125 cm³/mol. The SMILES string of the molecule is COc1cc(Cl)c(C)cc1NC(=O)Cn1cnc2sc(C)c(-c3ccccc3)c2c1=O. The minimum absolute atomic E-state index is 0.171. The van der Waals surface area contributed by atoms with E-state index in [0.717, 1.165) is 21.6 Å². The number of anilines is 1. The number of halogens is 1. The molecule has 0 saturated carbocycles. The molecule has 4 aromatic rings. The molecular weight excluding hydrogens is 434 g/mol. The van der Waals surface area contributed by atoms with Crippen LogP contribution in [0.25, 0.3) is 21.3 Å². The molecule has 0 spiro atoms. The molecule has 1 N–H and O–H groups in total. The van der Waals surface area contributed by atoms with Crippen molar-refractivity contribution in [2.24, 2.45) is 0 Å². The number of aromatic nitrogens is 2. The number of nitrogens with zero attached hydrogens (tertiary/aromatic N) is 2. The minimum Gasteiger partial charge on any atom is -0.495 e. The number of carbonyl (C=O) groups is 1. The van der Waals surface area contributed by atoms with Gasteiger partial charge in [-0.3, -0.25) is 14.2 Å². The molecule has 1 amide bonds. The lowest BCUT2D eigenvalue weighted by Crippen LogP contribution is -2.28. The highest BCUT2D eigenvalue weighted by Crippen LogP contribution is 2.35. The van der Waals surface area contributed by atoms with Crippen LogP contribution in [0.15, 0.2) is 53.6 Å². The molecule has 0 atom stereocenters. The first-order valence-corrected chi connectivity index (χ1v) is 10.8. The topological polar surface area (TPSA) is 73.2 Å². The van der Waals surface area contributed by atoms with Crippen molar-refractivity contribution in [3.63, 3.8) is 0 Å². The Bertz CT molecular complexity index is 1350. The molecule has 0 saturated heterocycles. The second kappa shape index (κ2) is 8.53. The second-order valence-electron chi connectivity index (χ2n) is 7.11. The third-order valence-electron chi connectivity index (χ3n) is 4.99. The molecule has 0 unspecified atom stereocenters. The van der Waals surface area contributed by atoms with Gasteiger partial charge >= 0.3 is 0 Å². The molecule has 0 aliphatic rings. The fraction of sp³-hybridized carbons (Fsp3) is 0.174. The average molecular weight is 454 g/mol. The molecule has 0 radical (unpaired) electrons. The minimum atomic E-state index is -0.364. The van der Waals surface area contributed by atoms with Gasteiger partial charge in [-0.1, -0.05) is 41.9 Å². The van der Waals surface area contributed by atoms with Gasteiger partial charge in [-0.15, -0.1) is 11.3 Å². The first-order chi connectivity index (χ1) is 14.9. The van der Waals surface area contributed by atoms with Crippen molar-refractivity contribution in [2.75, 3.05) is 12.4 Å². The van der Waals surface area contributed by atoms with E-state index in [4.69, 9.17) is 16.3 Å². The molecule has 0 bridgehead atoms. The van der Waals surface area contributed by atoms with E-state index in [0.29, 0.717) is 26.7 Å². The highest BCUT2D eigenvalue weighted by Gasteiger charge is 2.18. The zero-order valence-electron chi connectivity index (χ0n) is 17.2. The lowest BCUT2D eigenvalue weighted by atomic mass is 10.0. The Labute approximate surface area is 188 Å². The number of benzene rings is 2. The summed E-state index contributed by atoms with van der Waals surface area (Å²) in [7, 11) is 1.50. The van der Waals surface area contributed by atoms with E-state index in [2.05, 4.69) is 10.3 Å². The van der Waals surface area contributed by atoms with Crippen LogP contribution in [0, 0.1) is 13.8 Å². The Morgan fingerprint density at radius 1 is 1.23 bits per heavy atom. The molecule has 4 rings (SSSR count). The van der Waals surface area contributed by atoms with Crippen molar-refractivity contribution in [3.05, 3.63) is 74.6 Å². The zero-order valence-corrected chi connectivity index (χ0v) is 18.8. The number of fused-ring (bicyclic) bond motifs is 1. The monoisotopic (exact) mass is 453 g/mol. The Kier molecular flexibility index (Phi) is 5.80. The molecule has 8 heteroatoms. The van der Waals surface area contributed by atoms with E-state index < -0.39 is 0 Å². The predicted octanol–water partition coefficient (Wildman–Crippen LogP) is 5.04. The zero-order chi connectivity index (χ0) is 22.1. The summed E-state index contributed by atoms with van der Waals surface area (Å²) in [6.45, 7) is 3.64. The number of amides is 1. The number of thiophene rings is 1. The highest BCUT2D eigenvalue weighted by atomic mass is 35.5. The van der Waals surface area contributed by atoms with Crippen LogP contribution >= 0.6 is 22.9 Å². The van der Waals surface area contributed by atoms with Gasteiger partial charge in [0.25, 0.3) is 5.56 Å². The fourth-order valence-electron chi connectivity index (χ4n) is 3.48. The maximum absolute atomic E-state index is 13.3. The summed E-state index contributed by atoms with van der Waals surface area (Å²) in [5.74, 6) is 0.0844. The highest BCUT2D eigenvalue weighted by molar-refractivity contribution is 7.19. The molecule has 31 heavy (non-hydrogen) atoms. The quantitative estimate of drug-likeness (QED) is 0.459. The summed E-state index contributed by atoms with van der Waals surface area (Å²) >= 11 is 7.60. The molecular formula is C23H20ClN3O3S. The molecule has 2 aromatic heterocycles. The smallest absolute Gasteiger partial charge is 0.263 e. The largest absolute Gasteiger partial charge is 0.495 e. The molecule has 0 aliphatic carbocycles. The summed E-state index contributed by atoms with van der Waals surface area (Å²) in [5, 5.41) is 3.87. The van der Waals surface area contributed by atoms with Crippen LogP contribution in [0.4, 0.5) is 5.69 Å². The van der Waals surface area contributed by atoms with E-state index in [1.807, 2.05) is 44.2 Å². The standard InChI is InChI=1S/C23H20ClN3O3S/c1-13-9-17(18(30-3)10-16(13)24)26-19(28)11-27-12-25-22-21(23(27)29)20(14(2)31-22)15-7-5-4-6-8-15/h4-10,12H,11H2,1-3H3,(H,26,28). The van der Waals surface area contributed by atoms with Gasteiger partial charge in [0.05, 0.1) is 24.5 Å². The van der Waals surface area contributed by atoms with Gasteiger partial charge in [-0.2, -0.15) is 0 Å². The van der Waals surface area contributed by atoms with E-state index in [1.54, 1.807) is 12.1 Å². The lowest BCUT2D eigenvalue weighted by Gasteiger charge is -2.13. The Morgan fingerprint density at radius 3 is 2.68 bits per heavy atom. The van der Waals surface area contributed by atoms with E-state index in [-0.39, 0.29) is 18.0 Å². The van der Waals surface area contributed by atoms with Crippen LogP contribution in [-0.4, -0.2) is 22.6 Å². The first-order valence-electron chi connectivity index (χ1n) is 9.57. The average Bonchev–Trinajstić information content (AvgIpc) is 3.10. The number of aryl methyl sites for hydroxylation is 2. The normalized spacial score (nSPS) is 11.0. The van der Waals surface area contributed by atoms with E-state index >= 15 is 0 Å². The van der Waals surface area contributed by atoms with Gasteiger partial charge in [-0.25, -0.2) is 4.98 Å².